The lowest BCUT2D eigenvalue weighted by Gasteiger charge is -2.26. The molecule has 0 aliphatic heterocycles. The van der Waals surface area contributed by atoms with Gasteiger partial charge in [-0.05, 0) is 65.5 Å². The molecular weight excluding hydrogens is 426 g/mol. The third-order valence-electron chi connectivity index (χ3n) is 6.97. The van der Waals surface area contributed by atoms with E-state index < -0.39 is 6.85 Å². The van der Waals surface area contributed by atoms with Crippen LogP contribution < -0.4 is 0 Å². The molecule has 0 unspecified atom stereocenters. The highest BCUT2D eigenvalue weighted by molar-refractivity contribution is 6.06. The largest absolute Gasteiger partial charge is 0.456 e. The van der Waals surface area contributed by atoms with Crippen molar-refractivity contribution in [1.82, 2.24) is 4.98 Å². The minimum Gasteiger partial charge on any atom is -0.456 e. The first-order chi connectivity index (χ1) is 18.2. The van der Waals surface area contributed by atoms with Crippen molar-refractivity contribution >= 4 is 21.9 Å². The molecule has 0 amide bonds. The second-order valence-corrected chi connectivity index (χ2v) is 9.50. The van der Waals surface area contributed by atoms with Gasteiger partial charge < -0.3 is 4.42 Å². The minimum absolute atomic E-state index is 0.180. The average molecular weight is 457 g/mol. The quantitative estimate of drug-likeness (QED) is 0.265. The van der Waals surface area contributed by atoms with Crippen molar-refractivity contribution in [3.63, 3.8) is 0 Å². The number of rotatable bonds is 4. The van der Waals surface area contributed by atoms with E-state index >= 15 is 0 Å². The van der Waals surface area contributed by atoms with Crippen LogP contribution in [0.25, 0.3) is 44.3 Å². The van der Waals surface area contributed by atoms with Crippen molar-refractivity contribution in [3.8, 4) is 22.4 Å². The molecule has 6 rings (SSSR count). The van der Waals surface area contributed by atoms with Gasteiger partial charge in [0.15, 0.2) is 0 Å². The standard InChI is InChI=1S/C33H27NO/c1-22-18-30(34-21-29(22)23-10-6-4-7-11-23)24-14-16-31-27(19-24)28-20-26(15-17-32(28)35-31)33(2,3)25-12-8-5-9-13-25/h4-21H,1-3H3/i1D3. The maximum atomic E-state index is 8.18. The van der Waals surface area contributed by atoms with E-state index in [4.69, 9.17) is 8.53 Å². The fourth-order valence-electron chi connectivity index (χ4n) is 4.81. The molecule has 0 fully saturated rings. The first-order valence-corrected chi connectivity index (χ1v) is 11.8. The van der Waals surface area contributed by atoms with Crippen LogP contribution in [0, 0.1) is 6.85 Å². The lowest BCUT2D eigenvalue weighted by molar-refractivity contribution is 0.639. The van der Waals surface area contributed by atoms with Gasteiger partial charge in [-0.1, -0.05) is 80.6 Å². The zero-order valence-corrected chi connectivity index (χ0v) is 19.7. The van der Waals surface area contributed by atoms with Crippen molar-refractivity contribution in [1.29, 1.82) is 0 Å². The van der Waals surface area contributed by atoms with Gasteiger partial charge in [-0.15, -0.1) is 0 Å². The number of hydrogen-bond donors (Lipinski definition) is 0. The molecule has 6 aromatic rings. The first kappa shape index (κ1) is 18.2. The number of furan rings is 1. The molecule has 4 aromatic carbocycles. The van der Waals surface area contributed by atoms with Gasteiger partial charge in [0.1, 0.15) is 11.2 Å². The summed E-state index contributed by atoms with van der Waals surface area (Å²) in [5.74, 6) is 0. The molecule has 0 saturated carbocycles. The lowest BCUT2D eigenvalue weighted by Crippen LogP contribution is -2.18. The highest BCUT2D eigenvalue weighted by atomic mass is 16.3. The Morgan fingerprint density at radius 3 is 2.11 bits per heavy atom. The van der Waals surface area contributed by atoms with Crippen molar-refractivity contribution in [2.45, 2.75) is 26.1 Å². The number of aromatic nitrogens is 1. The van der Waals surface area contributed by atoms with Crippen LogP contribution >= 0.6 is 0 Å². The summed E-state index contributed by atoms with van der Waals surface area (Å²) >= 11 is 0. The number of pyridine rings is 1. The van der Waals surface area contributed by atoms with E-state index in [1.807, 2.05) is 60.7 Å². The third kappa shape index (κ3) is 3.72. The van der Waals surface area contributed by atoms with Crippen molar-refractivity contribution in [3.05, 3.63) is 126 Å². The fourth-order valence-corrected chi connectivity index (χ4v) is 4.81. The maximum absolute atomic E-state index is 8.18. The van der Waals surface area contributed by atoms with E-state index in [0.29, 0.717) is 11.3 Å². The molecule has 170 valence electrons. The van der Waals surface area contributed by atoms with Crippen LogP contribution in [-0.2, 0) is 5.41 Å². The SMILES string of the molecule is [2H]C([2H])([2H])c1cc(-c2ccc3oc4ccc(C(C)(C)c5ccccc5)cc4c3c2)ncc1-c1ccccc1. The molecule has 2 heterocycles. The van der Waals surface area contributed by atoms with Crippen LogP contribution in [0.5, 0.6) is 0 Å². The Labute approximate surface area is 210 Å². The van der Waals surface area contributed by atoms with Gasteiger partial charge in [-0.2, -0.15) is 0 Å². The Hall–Kier alpha value is -4.17. The molecule has 0 bridgehead atoms. The predicted molar refractivity (Wildman–Crippen MR) is 146 cm³/mol. The summed E-state index contributed by atoms with van der Waals surface area (Å²) in [7, 11) is 0. The molecular formula is C33H27NO. The fraction of sp³-hybridized carbons (Fsp3) is 0.121. The van der Waals surface area contributed by atoms with E-state index in [1.165, 1.54) is 11.1 Å². The Morgan fingerprint density at radius 1 is 0.686 bits per heavy atom. The second-order valence-electron chi connectivity index (χ2n) is 9.50. The van der Waals surface area contributed by atoms with Crippen LogP contribution in [-0.4, -0.2) is 4.98 Å². The van der Waals surface area contributed by atoms with Crippen LogP contribution in [0.2, 0.25) is 0 Å². The molecule has 0 radical (unpaired) electrons. The Morgan fingerprint density at radius 2 is 1.37 bits per heavy atom. The molecule has 0 atom stereocenters. The number of aryl methyl sites for hydroxylation is 1. The monoisotopic (exact) mass is 456 g/mol. The summed E-state index contributed by atoms with van der Waals surface area (Å²) in [4.78, 5) is 4.69. The normalized spacial score (nSPS) is 13.5. The van der Waals surface area contributed by atoms with E-state index in [2.05, 4.69) is 55.2 Å². The van der Waals surface area contributed by atoms with E-state index in [-0.39, 0.29) is 11.0 Å². The molecule has 2 aromatic heterocycles. The highest BCUT2D eigenvalue weighted by Gasteiger charge is 2.24. The summed E-state index contributed by atoms with van der Waals surface area (Å²) < 4.78 is 30.7. The lowest BCUT2D eigenvalue weighted by atomic mass is 9.78. The van der Waals surface area contributed by atoms with Crippen LogP contribution in [0.3, 0.4) is 0 Å². The zero-order chi connectivity index (χ0) is 26.5. The second kappa shape index (κ2) is 8.25. The van der Waals surface area contributed by atoms with E-state index in [0.717, 1.165) is 33.1 Å². The predicted octanol–water partition coefficient (Wildman–Crippen LogP) is 8.95. The molecule has 0 aliphatic carbocycles. The smallest absolute Gasteiger partial charge is 0.135 e. The first-order valence-electron chi connectivity index (χ1n) is 13.3. The summed E-state index contributed by atoms with van der Waals surface area (Å²) in [6.45, 7) is 2.19. The Kier molecular flexibility index (Phi) is 4.29. The van der Waals surface area contributed by atoms with E-state index in [9.17, 15) is 0 Å². The molecule has 0 N–H and O–H groups in total. The molecule has 2 nitrogen and oxygen atoms in total. The van der Waals surface area contributed by atoms with Gasteiger partial charge in [0.2, 0.25) is 0 Å². The summed E-state index contributed by atoms with van der Waals surface area (Å²) in [5, 5.41) is 2.01. The van der Waals surface area contributed by atoms with Crippen LogP contribution in [0.4, 0.5) is 0 Å². The van der Waals surface area contributed by atoms with Gasteiger partial charge in [-0.25, -0.2) is 0 Å². The highest BCUT2D eigenvalue weighted by Crippen LogP contribution is 2.38. The molecule has 0 saturated heterocycles. The number of nitrogens with zero attached hydrogens (tertiary/aromatic N) is 1. The topological polar surface area (TPSA) is 26.0 Å². The molecule has 0 aliphatic rings. The number of benzene rings is 4. The minimum atomic E-state index is -2.27. The van der Waals surface area contributed by atoms with Gasteiger partial charge >= 0.3 is 0 Å². The maximum Gasteiger partial charge on any atom is 0.135 e. The Balaban J connectivity index is 1.48. The van der Waals surface area contributed by atoms with Gasteiger partial charge in [0.05, 0.1) is 5.69 Å². The average Bonchev–Trinajstić information content (AvgIpc) is 3.30. The summed E-state index contributed by atoms with van der Waals surface area (Å²) in [5.41, 5.74) is 7.07. The van der Waals surface area contributed by atoms with Gasteiger partial charge in [0, 0.05) is 37.6 Å². The summed E-state index contributed by atoms with van der Waals surface area (Å²) in [6, 6.07) is 34.0. The molecule has 0 spiro atoms. The van der Waals surface area contributed by atoms with Crippen LogP contribution in [0.15, 0.2) is 114 Å². The van der Waals surface area contributed by atoms with Crippen LogP contribution in [0.1, 0.15) is 34.7 Å². The van der Waals surface area contributed by atoms with Crippen molar-refractivity contribution < 1.29 is 8.53 Å². The van der Waals surface area contributed by atoms with Crippen molar-refractivity contribution in [2.24, 2.45) is 0 Å². The van der Waals surface area contributed by atoms with Crippen molar-refractivity contribution in [2.75, 3.05) is 0 Å². The van der Waals surface area contributed by atoms with E-state index in [1.54, 1.807) is 12.3 Å². The Bertz CT molecular complexity index is 1770. The van der Waals surface area contributed by atoms with Gasteiger partial charge in [-0.3, -0.25) is 4.98 Å². The molecule has 2 heteroatoms. The van der Waals surface area contributed by atoms with Gasteiger partial charge in [0.25, 0.3) is 0 Å². The zero-order valence-electron chi connectivity index (χ0n) is 22.7. The third-order valence-corrected chi connectivity index (χ3v) is 6.97. The summed E-state index contributed by atoms with van der Waals surface area (Å²) in [6.07, 6.45) is 1.67. The molecule has 35 heavy (non-hydrogen) atoms. The number of fused-ring (bicyclic) bond motifs is 3. The number of hydrogen-bond acceptors (Lipinski definition) is 2.